The van der Waals surface area contributed by atoms with Gasteiger partial charge in [-0.25, -0.2) is 14.2 Å². The standard InChI is InChI=1S/C26H21FN4O3S/c1-3-34-25(33)21-15(2)29-26-31(23(21)17-9-11-19(27)12-10-17)24(32)20(35-26)13-18-14-28-30-22(18)16-7-5-4-6-8-16/h4-14,23H,3H2,1-2H3,(H,28,30)/b20-13+/t23-/m1/s1. The quantitative estimate of drug-likeness (QED) is 0.437. The highest BCUT2D eigenvalue weighted by molar-refractivity contribution is 7.07. The van der Waals surface area contributed by atoms with E-state index in [1.807, 2.05) is 30.3 Å². The molecule has 176 valence electrons. The first-order chi connectivity index (χ1) is 17.0. The Bertz CT molecular complexity index is 1620. The van der Waals surface area contributed by atoms with E-state index in [9.17, 15) is 14.0 Å². The molecular weight excluding hydrogens is 467 g/mol. The number of fused-ring (bicyclic) bond motifs is 1. The smallest absolute Gasteiger partial charge is 0.338 e. The zero-order chi connectivity index (χ0) is 24.5. The summed E-state index contributed by atoms with van der Waals surface area (Å²) in [5.74, 6) is -0.966. The summed E-state index contributed by atoms with van der Waals surface area (Å²) in [7, 11) is 0. The van der Waals surface area contributed by atoms with Gasteiger partial charge in [0, 0.05) is 11.1 Å². The van der Waals surface area contributed by atoms with Crippen LogP contribution in [0.4, 0.5) is 4.39 Å². The molecule has 0 fully saturated rings. The molecule has 1 aliphatic rings. The van der Waals surface area contributed by atoms with Crippen molar-refractivity contribution >= 4 is 23.4 Å². The van der Waals surface area contributed by atoms with Crippen molar-refractivity contribution in [3.05, 3.63) is 109 Å². The predicted molar refractivity (Wildman–Crippen MR) is 131 cm³/mol. The number of allylic oxidation sites excluding steroid dienone is 1. The number of carbonyl (C=O) groups excluding carboxylic acids is 1. The van der Waals surface area contributed by atoms with Crippen LogP contribution in [0, 0.1) is 5.82 Å². The molecule has 0 amide bonds. The fraction of sp³-hybridized carbons (Fsp3) is 0.154. The number of halogens is 1. The third-order valence-electron chi connectivity index (χ3n) is 5.72. The predicted octanol–water partition coefficient (Wildman–Crippen LogP) is 3.33. The van der Waals surface area contributed by atoms with E-state index in [0.29, 0.717) is 20.6 Å². The van der Waals surface area contributed by atoms with Gasteiger partial charge in [0.15, 0.2) is 4.80 Å². The van der Waals surface area contributed by atoms with E-state index in [1.165, 1.54) is 28.0 Å². The Morgan fingerprint density at radius 2 is 1.94 bits per heavy atom. The number of thiazole rings is 1. The van der Waals surface area contributed by atoms with Gasteiger partial charge < -0.3 is 4.74 Å². The van der Waals surface area contributed by atoms with E-state index in [-0.39, 0.29) is 17.7 Å². The van der Waals surface area contributed by atoms with Gasteiger partial charge in [0.1, 0.15) is 5.82 Å². The Hall–Kier alpha value is -4.11. The fourth-order valence-corrected chi connectivity index (χ4v) is 5.17. The van der Waals surface area contributed by atoms with Gasteiger partial charge >= 0.3 is 5.97 Å². The number of esters is 1. The summed E-state index contributed by atoms with van der Waals surface area (Å²) in [4.78, 5) is 31.6. The largest absolute Gasteiger partial charge is 0.463 e. The number of carbonyl (C=O) groups is 1. The molecular formula is C26H21FN4O3S. The van der Waals surface area contributed by atoms with Crippen LogP contribution < -0.4 is 14.9 Å². The minimum Gasteiger partial charge on any atom is -0.463 e. The molecule has 35 heavy (non-hydrogen) atoms. The van der Waals surface area contributed by atoms with E-state index in [1.54, 1.807) is 38.3 Å². The number of aromatic amines is 1. The number of rotatable bonds is 5. The first-order valence-electron chi connectivity index (χ1n) is 11.0. The molecule has 3 heterocycles. The summed E-state index contributed by atoms with van der Waals surface area (Å²) in [5, 5.41) is 7.15. The normalized spacial score (nSPS) is 15.6. The lowest BCUT2D eigenvalue weighted by Gasteiger charge is -2.24. The summed E-state index contributed by atoms with van der Waals surface area (Å²) in [6, 6.07) is 14.7. The van der Waals surface area contributed by atoms with Crippen molar-refractivity contribution in [3.8, 4) is 11.3 Å². The van der Waals surface area contributed by atoms with E-state index < -0.39 is 17.8 Å². The zero-order valence-corrected chi connectivity index (χ0v) is 19.8. The summed E-state index contributed by atoms with van der Waals surface area (Å²) < 4.78 is 20.9. The molecule has 0 unspecified atom stereocenters. The summed E-state index contributed by atoms with van der Waals surface area (Å²) in [6.07, 6.45) is 3.42. The van der Waals surface area contributed by atoms with Crippen LogP contribution in [0.2, 0.25) is 0 Å². The van der Waals surface area contributed by atoms with Crippen LogP contribution in [0.1, 0.15) is 31.0 Å². The first-order valence-corrected chi connectivity index (χ1v) is 11.8. The average Bonchev–Trinajstić information content (AvgIpc) is 3.44. The number of ether oxygens (including phenoxy) is 1. The molecule has 7 nitrogen and oxygen atoms in total. The molecule has 5 rings (SSSR count). The van der Waals surface area contributed by atoms with Crippen LogP contribution in [0.3, 0.4) is 0 Å². The Kier molecular flexibility index (Phi) is 6.00. The summed E-state index contributed by atoms with van der Waals surface area (Å²) in [5.41, 5.74) is 3.47. The maximum atomic E-state index is 13.7. The van der Waals surface area contributed by atoms with E-state index in [0.717, 1.165) is 16.8 Å². The molecule has 2 aromatic carbocycles. The number of hydrogen-bond acceptors (Lipinski definition) is 6. The van der Waals surface area contributed by atoms with E-state index >= 15 is 0 Å². The van der Waals surface area contributed by atoms with Crippen molar-refractivity contribution < 1.29 is 13.9 Å². The van der Waals surface area contributed by atoms with E-state index in [2.05, 4.69) is 15.2 Å². The molecule has 1 atom stereocenters. The van der Waals surface area contributed by atoms with Gasteiger partial charge in [-0.2, -0.15) is 5.10 Å². The molecule has 2 aromatic heterocycles. The maximum absolute atomic E-state index is 13.7. The number of benzene rings is 2. The summed E-state index contributed by atoms with van der Waals surface area (Å²) >= 11 is 1.22. The number of aromatic nitrogens is 3. The van der Waals surface area contributed by atoms with Gasteiger partial charge in [0.2, 0.25) is 0 Å². The Morgan fingerprint density at radius 3 is 2.66 bits per heavy atom. The summed E-state index contributed by atoms with van der Waals surface area (Å²) in [6.45, 7) is 3.60. The molecule has 0 saturated carbocycles. The second kappa shape index (κ2) is 9.27. The van der Waals surface area contributed by atoms with Crippen molar-refractivity contribution in [2.24, 2.45) is 4.99 Å². The molecule has 0 aliphatic carbocycles. The lowest BCUT2D eigenvalue weighted by molar-refractivity contribution is -0.139. The van der Waals surface area contributed by atoms with Gasteiger partial charge in [-0.1, -0.05) is 53.8 Å². The van der Waals surface area contributed by atoms with E-state index in [4.69, 9.17) is 4.74 Å². The molecule has 9 heteroatoms. The van der Waals surface area contributed by atoms with Crippen LogP contribution >= 0.6 is 11.3 Å². The van der Waals surface area contributed by atoms with Crippen molar-refractivity contribution in [3.63, 3.8) is 0 Å². The van der Waals surface area contributed by atoms with Crippen LogP contribution in [0.5, 0.6) is 0 Å². The molecule has 1 aliphatic heterocycles. The lowest BCUT2D eigenvalue weighted by Crippen LogP contribution is -2.39. The highest BCUT2D eigenvalue weighted by Gasteiger charge is 2.33. The molecule has 0 spiro atoms. The van der Waals surface area contributed by atoms with Gasteiger partial charge in [-0.15, -0.1) is 0 Å². The SMILES string of the molecule is CCOC(=O)C1=C(C)N=c2s/c(=C/c3cn[nH]c3-c3ccccc3)c(=O)n2[C@@H]1c1ccc(F)cc1. The highest BCUT2D eigenvalue weighted by Crippen LogP contribution is 2.30. The Morgan fingerprint density at radius 1 is 1.20 bits per heavy atom. The number of H-pyrrole nitrogens is 1. The van der Waals surface area contributed by atoms with Crippen LogP contribution in [-0.2, 0) is 9.53 Å². The van der Waals surface area contributed by atoms with Crippen LogP contribution in [0.15, 0.2) is 81.9 Å². The minimum absolute atomic E-state index is 0.179. The van der Waals surface area contributed by atoms with Gasteiger partial charge in [0.25, 0.3) is 5.56 Å². The third-order valence-corrected chi connectivity index (χ3v) is 6.70. The Balaban J connectivity index is 1.70. The average molecular weight is 489 g/mol. The number of hydrogen-bond donors (Lipinski definition) is 1. The van der Waals surface area contributed by atoms with Crippen molar-refractivity contribution in [1.82, 2.24) is 14.8 Å². The molecule has 4 aromatic rings. The minimum atomic E-state index is -0.786. The molecule has 0 saturated heterocycles. The molecule has 0 bridgehead atoms. The third kappa shape index (κ3) is 4.15. The monoisotopic (exact) mass is 488 g/mol. The first kappa shape index (κ1) is 22.7. The van der Waals surface area contributed by atoms with Crippen molar-refractivity contribution in [2.45, 2.75) is 19.9 Å². The van der Waals surface area contributed by atoms with Crippen LogP contribution in [-0.4, -0.2) is 27.3 Å². The maximum Gasteiger partial charge on any atom is 0.338 e. The highest BCUT2D eigenvalue weighted by atomic mass is 32.1. The van der Waals surface area contributed by atoms with Crippen molar-refractivity contribution in [1.29, 1.82) is 0 Å². The number of nitrogens with zero attached hydrogens (tertiary/aromatic N) is 3. The second-order valence-electron chi connectivity index (χ2n) is 7.92. The Labute approximate surface area is 203 Å². The topological polar surface area (TPSA) is 89.3 Å². The van der Waals surface area contributed by atoms with Gasteiger partial charge in [-0.3, -0.25) is 14.5 Å². The molecule has 1 N–H and O–H groups in total. The lowest BCUT2D eigenvalue weighted by atomic mass is 9.96. The second-order valence-corrected chi connectivity index (χ2v) is 8.93. The molecule has 0 radical (unpaired) electrons. The fourth-order valence-electron chi connectivity index (χ4n) is 4.13. The van der Waals surface area contributed by atoms with Gasteiger partial charge in [-0.05, 0) is 37.6 Å². The number of nitrogens with one attached hydrogen (secondary N) is 1. The van der Waals surface area contributed by atoms with Gasteiger partial charge in [0.05, 0.1) is 40.3 Å². The zero-order valence-electron chi connectivity index (χ0n) is 19.0. The van der Waals surface area contributed by atoms with Crippen molar-refractivity contribution in [2.75, 3.05) is 6.61 Å². The van der Waals surface area contributed by atoms with Crippen LogP contribution in [0.25, 0.3) is 17.3 Å².